The molecule has 0 aliphatic carbocycles. The van der Waals surface area contributed by atoms with Crippen LogP contribution in [0.4, 0.5) is 0 Å². The van der Waals surface area contributed by atoms with Crippen LogP contribution in [0.25, 0.3) is 0 Å². The second-order valence-corrected chi connectivity index (χ2v) is 4.10. The molecule has 0 spiro atoms. The molecule has 2 heteroatoms. The first-order valence-corrected chi connectivity index (χ1v) is 5.74. The molecule has 78 valence electrons. The molecular formula is C11H24N2. The second-order valence-electron chi connectivity index (χ2n) is 4.10. The van der Waals surface area contributed by atoms with E-state index in [4.69, 9.17) is 0 Å². The predicted molar refractivity (Wildman–Crippen MR) is 58.0 cm³/mol. The van der Waals surface area contributed by atoms with Gasteiger partial charge in [-0.2, -0.15) is 0 Å². The van der Waals surface area contributed by atoms with E-state index in [0.717, 1.165) is 12.0 Å². The second kappa shape index (κ2) is 5.61. The topological polar surface area (TPSA) is 15.3 Å². The number of hydrogen-bond donors (Lipinski definition) is 1. The maximum Gasteiger partial charge on any atom is 0.0110 e. The number of nitrogens with one attached hydrogen (secondary N) is 1. The molecule has 1 heterocycles. The summed E-state index contributed by atoms with van der Waals surface area (Å²) in [5.74, 6) is 0.887. The molecule has 0 aromatic rings. The molecule has 0 amide bonds. The monoisotopic (exact) mass is 184 g/mol. The van der Waals surface area contributed by atoms with E-state index < -0.39 is 0 Å². The van der Waals surface area contributed by atoms with Crippen molar-refractivity contribution < 1.29 is 0 Å². The fourth-order valence-electron chi connectivity index (χ4n) is 2.36. The van der Waals surface area contributed by atoms with E-state index in [1.807, 2.05) is 0 Å². The molecule has 1 unspecified atom stereocenters. The van der Waals surface area contributed by atoms with Gasteiger partial charge in [0.15, 0.2) is 0 Å². The Labute approximate surface area is 82.7 Å². The fourth-order valence-corrected chi connectivity index (χ4v) is 2.36. The van der Waals surface area contributed by atoms with Crippen molar-refractivity contribution in [2.24, 2.45) is 5.92 Å². The largest absolute Gasteiger partial charge is 0.314 e. The van der Waals surface area contributed by atoms with Gasteiger partial charge in [-0.3, -0.25) is 4.90 Å². The molecular weight excluding hydrogens is 160 g/mol. The van der Waals surface area contributed by atoms with E-state index in [2.05, 4.69) is 31.0 Å². The molecule has 2 nitrogen and oxygen atoms in total. The van der Waals surface area contributed by atoms with Crippen molar-refractivity contribution in [2.45, 2.75) is 39.7 Å². The molecule has 0 aromatic carbocycles. The van der Waals surface area contributed by atoms with Crippen LogP contribution < -0.4 is 5.32 Å². The SMILES string of the molecule is CCC(CC)C(C)N1CCNCC1. The van der Waals surface area contributed by atoms with Crippen LogP contribution in [0, 0.1) is 5.92 Å². The minimum atomic E-state index is 0.775. The molecule has 1 atom stereocenters. The highest BCUT2D eigenvalue weighted by Crippen LogP contribution is 2.18. The van der Waals surface area contributed by atoms with E-state index in [-0.39, 0.29) is 0 Å². The lowest BCUT2D eigenvalue weighted by atomic mass is 9.94. The first kappa shape index (κ1) is 11.0. The van der Waals surface area contributed by atoms with Crippen molar-refractivity contribution in [1.82, 2.24) is 10.2 Å². The highest BCUT2D eigenvalue weighted by Gasteiger charge is 2.21. The molecule has 1 fully saturated rings. The van der Waals surface area contributed by atoms with E-state index >= 15 is 0 Å². The predicted octanol–water partition coefficient (Wildman–Crippen LogP) is 1.72. The summed E-state index contributed by atoms with van der Waals surface area (Å²) in [5.41, 5.74) is 0. The first-order chi connectivity index (χ1) is 6.29. The molecule has 0 bridgehead atoms. The summed E-state index contributed by atoms with van der Waals surface area (Å²) in [6.07, 6.45) is 2.64. The number of piperazine rings is 1. The van der Waals surface area contributed by atoms with Crippen molar-refractivity contribution >= 4 is 0 Å². The zero-order chi connectivity index (χ0) is 9.68. The van der Waals surface area contributed by atoms with Crippen molar-refractivity contribution in [3.63, 3.8) is 0 Å². The Hall–Kier alpha value is -0.0800. The van der Waals surface area contributed by atoms with Gasteiger partial charge < -0.3 is 5.32 Å². The van der Waals surface area contributed by atoms with Gasteiger partial charge in [0.2, 0.25) is 0 Å². The summed E-state index contributed by atoms with van der Waals surface area (Å²) < 4.78 is 0. The maximum absolute atomic E-state index is 3.40. The van der Waals surface area contributed by atoms with Crippen LogP contribution in [0.3, 0.4) is 0 Å². The Morgan fingerprint density at radius 2 is 1.69 bits per heavy atom. The Kier molecular flexibility index (Phi) is 4.74. The van der Waals surface area contributed by atoms with Gasteiger partial charge in [-0.25, -0.2) is 0 Å². The molecule has 0 aromatic heterocycles. The summed E-state index contributed by atoms with van der Waals surface area (Å²) in [7, 11) is 0. The van der Waals surface area contributed by atoms with Crippen LogP contribution in [0.15, 0.2) is 0 Å². The van der Waals surface area contributed by atoms with Crippen LogP contribution in [-0.2, 0) is 0 Å². The maximum atomic E-state index is 3.40. The molecule has 0 saturated carbocycles. The Bertz CT molecular complexity index is 126. The van der Waals surface area contributed by atoms with E-state index in [1.165, 1.54) is 39.0 Å². The third kappa shape index (κ3) is 2.96. The summed E-state index contributed by atoms with van der Waals surface area (Å²) in [4.78, 5) is 2.63. The van der Waals surface area contributed by atoms with Crippen LogP contribution >= 0.6 is 0 Å². The number of rotatable bonds is 4. The normalized spacial score (nSPS) is 22.2. The lowest BCUT2D eigenvalue weighted by Gasteiger charge is -2.36. The van der Waals surface area contributed by atoms with Gasteiger partial charge in [-0.05, 0) is 12.8 Å². The Morgan fingerprint density at radius 1 is 1.15 bits per heavy atom. The average Bonchev–Trinajstić information content (AvgIpc) is 2.21. The summed E-state index contributed by atoms with van der Waals surface area (Å²) >= 11 is 0. The van der Waals surface area contributed by atoms with Crippen molar-refractivity contribution in [3.05, 3.63) is 0 Å². The van der Waals surface area contributed by atoms with Gasteiger partial charge >= 0.3 is 0 Å². The van der Waals surface area contributed by atoms with Crippen LogP contribution in [0.1, 0.15) is 33.6 Å². The van der Waals surface area contributed by atoms with Crippen LogP contribution in [0.2, 0.25) is 0 Å². The minimum absolute atomic E-state index is 0.775. The van der Waals surface area contributed by atoms with Crippen LogP contribution in [-0.4, -0.2) is 37.1 Å². The van der Waals surface area contributed by atoms with E-state index in [9.17, 15) is 0 Å². The van der Waals surface area contributed by atoms with Crippen LogP contribution in [0.5, 0.6) is 0 Å². The summed E-state index contributed by atoms with van der Waals surface area (Å²) in [5, 5.41) is 3.40. The van der Waals surface area contributed by atoms with Crippen molar-refractivity contribution in [3.8, 4) is 0 Å². The van der Waals surface area contributed by atoms with Gasteiger partial charge in [-0.1, -0.05) is 26.7 Å². The average molecular weight is 184 g/mol. The summed E-state index contributed by atoms with van der Waals surface area (Å²) in [6, 6.07) is 0.775. The quantitative estimate of drug-likeness (QED) is 0.715. The van der Waals surface area contributed by atoms with Gasteiger partial charge in [0.25, 0.3) is 0 Å². The zero-order valence-electron chi connectivity index (χ0n) is 9.34. The first-order valence-electron chi connectivity index (χ1n) is 5.74. The Balaban J connectivity index is 2.38. The lowest BCUT2D eigenvalue weighted by Crippen LogP contribution is -2.49. The number of nitrogens with zero attached hydrogens (tertiary/aromatic N) is 1. The lowest BCUT2D eigenvalue weighted by molar-refractivity contribution is 0.131. The summed E-state index contributed by atoms with van der Waals surface area (Å²) in [6.45, 7) is 11.8. The van der Waals surface area contributed by atoms with E-state index in [0.29, 0.717) is 0 Å². The highest BCUT2D eigenvalue weighted by molar-refractivity contribution is 4.77. The fraction of sp³-hybridized carbons (Fsp3) is 1.00. The van der Waals surface area contributed by atoms with Gasteiger partial charge in [0.05, 0.1) is 0 Å². The molecule has 1 saturated heterocycles. The Morgan fingerprint density at radius 3 is 2.15 bits per heavy atom. The third-order valence-electron chi connectivity index (χ3n) is 3.46. The molecule has 1 aliphatic rings. The van der Waals surface area contributed by atoms with Gasteiger partial charge in [-0.15, -0.1) is 0 Å². The highest BCUT2D eigenvalue weighted by atomic mass is 15.2. The third-order valence-corrected chi connectivity index (χ3v) is 3.46. The van der Waals surface area contributed by atoms with Crippen molar-refractivity contribution in [1.29, 1.82) is 0 Å². The molecule has 13 heavy (non-hydrogen) atoms. The van der Waals surface area contributed by atoms with Gasteiger partial charge in [0.1, 0.15) is 0 Å². The smallest absolute Gasteiger partial charge is 0.0110 e. The minimum Gasteiger partial charge on any atom is -0.314 e. The molecule has 1 aliphatic heterocycles. The molecule has 0 radical (unpaired) electrons. The standard InChI is InChI=1S/C11H24N2/c1-4-11(5-2)10(3)13-8-6-12-7-9-13/h10-12H,4-9H2,1-3H3. The number of hydrogen-bond acceptors (Lipinski definition) is 2. The molecule has 1 rings (SSSR count). The molecule has 1 N–H and O–H groups in total. The zero-order valence-corrected chi connectivity index (χ0v) is 9.34. The van der Waals surface area contributed by atoms with Gasteiger partial charge in [0, 0.05) is 32.2 Å². The van der Waals surface area contributed by atoms with E-state index in [1.54, 1.807) is 0 Å². The van der Waals surface area contributed by atoms with Crippen molar-refractivity contribution in [2.75, 3.05) is 26.2 Å².